The van der Waals surface area contributed by atoms with E-state index in [4.69, 9.17) is 0 Å². The molecule has 0 bridgehead atoms. The van der Waals surface area contributed by atoms with Crippen LogP contribution in [0.4, 0.5) is 37.7 Å². The maximum Gasteiger partial charge on any atom is 0.416 e. The van der Waals surface area contributed by atoms with Crippen LogP contribution in [0.5, 0.6) is 11.5 Å². The number of phenolic OH excluding ortho intramolecular Hbond substituents is 2. The minimum Gasteiger partial charge on any atom is -0.508 e. The predicted molar refractivity (Wildman–Crippen MR) is 247 cm³/mol. The third kappa shape index (κ3) is 10.5. The summed E-state index contributed by atoms with van der Waals surface area (Å²) in [5.74, 6) is -0.320. The van der Waals surface area contributed by atoms with Crippen LogP contribution in [-0.2, 0) is 38.0 Å². The van der Waals surface area contributed by atoms with Gasteiger partial charge in [-0.15, -0.1) is 5.11 Å². The van der Waals surface area contributed by atoms with Gasteiger partial charge in [-0.05, 0) is 130 Å². The molecule has 0 radical (unpaired) electrons. The highest BCUT2D eigenvalue weighted by Gasteiger charge is 2.31. The fourth-order valence-corrected chi connectivity index (χ4v) is 8.13. The fraction of sp³-hybridized carbons (Fsp3) is 0.145. The molecule has 8 aromatic carbocycles. The highest BCUT2D eigenvalue weighted by atomic mass is 19.4. The molecule has 8 aromatic rings. The average molecular weight is 893 g/mol. The number of hydrogen-bond acceptors (Lipinski definition) is 5. The van der Waals surface area contributed by atoms with Gasteiger partial charge in [0.05, 0.1) is 16.8 Å². The molecule has 0 saturated heterocycles. The van der Waals surface area contributed by atoms with Gasteiger partial charge in [-0.25, -0.2) is 0 Å². The Morgan fingerprint density at radius 3 is 1.64 bits per heavy atom. The highest BCUT2D eigenvalue weighted by Crippen LogP contribution is 2.39. The quantitative estimate of drug-likeness (QED) is 0.0523. The number of phenols is 2. The number of hydrogen-bond donors (Lipinski definition) is 2. The Kier molecular flexibility index (Phi) is 12.9. The van der Waals surface area contributed by atoms with Crippen molar-refractivity contribution in [2.45, 2.75) is 50.9 Å². The summed E-state index contributed by atoms with van der Waals surface area (Å²) in [7, 11) is 0. The third-order valence-electron chi connectivity index (χ3n) is 11.8. The molecule has 0 heterocycles. The summed E-state index contributed by atoms with van der Waals surface area (Å²) in [6.07, 6.45) is -3.63. The van der Waals surface area contributed by atoms with Crippen LogP contribution < -0.4 is 0 Å². The van der Waals surface area contributed by atoms with E-state index < -0.39 is 23.5 Å². The smallest absolute Gasteiger partial charge is 0.416 e. The van der Waals surface area contributed by atoms with E-state index in [9.17, 15) is 41.4 Å². The summed E-state index contributed by atoms with van der Waals surface area (Å²) >= 11 is 0. The molecule has 0 aliphatic carbocycles. The zero-order chi connectivity index (χ0) is 46.6. The third-order valence-corrected chi connectivity index (χ3v) is 11.8. The van der Waals surface area contributed by atoms with Crippen molar-refractivity contribution in [1.82, 2.24) is 0 Å². The minimum atomic E-state index is -4.40. The number of alkyl halides is 6. The summed E-state index contributed by atoms with van der Waals surface area (Å²) < 4.78 is 79.1. The van der Waals surface area contributed by atoms with Gasteiger partial charge in [0.2, 0.25) is 0 Å². The van der Waals surface area contributed by atoms with Crippen molar-refractivity contribution in [2.24, 2.45) is 10.2 Å². The van der Waals surface area contributed by atoms with Crippen LogP contribution in [0.1, 0.15) is 73.3 Å². The van der Waals surface area contributed by atoms with Gasteiger partial charge in [-0.3, -0.25) is 4.79 Å². The SMILES string of the molecule is CC(c1ccc(C=CC(=O)c2ccc(N=Nc3c(O)ccc4cc(CCc5cccc(C(F)(F)F)c5)ccc34)cc2)cc1)c1c(O)ccc2cc(CCc3cccc(C(F)(F)F)c3)ccc12. The second-order valence-corrected chi connectivity index (χ2v) is 16.3. The van der Waals surface area contributed by atoms with Crippen LogP contribution in [0.15, 0.2) is 174 Å². The van der Waals surface area contributed by atoms with Gasteiger partial charge in [0.25, 0.3) is 0 Å². The molecule has 0 aliphatic heterocycles. The highest BCUT2D eigenvalue weighted by molar-refractivity contribution is 6.07. The lowest BCUT2D eigenvalue weighted by atomic mass is 9.87. The zero-order valence-electron chi connectivity index (χ0n) is 35.5. The molecule has 5 nitrogen and oxygen atoms in total. The Morgan fingerprint density at radius 2 is 1.08 bits per heavy atom. The van der Waals surface area contributed by atoms with E-state index in [1.807, 2.05) is 67.6 Å². The van der Waals surface area contributed by atoms with Crippen molar-refractivity contribution in [3.05, 3.63) is 219 Å². The van der Waals surface area contributed by atoms with E-state index in [2.05, 4.69) is 10.2 Å². The first-order valence-electron chi connectivity index (χ1n) is 21.2. The van der Waals surface area contributed by atoms with E-state index in [0.29, 0.717) is 53.4 Å². The first-order chi connectivity index (χ1) is 31.6. The number of benzene rings is 8. The second-order valence-electron chi connectivity index (χ2n) is 16.3. The van der Waals surface area contributed by atoms with E-state index in [1.54, 1.807) is 60.7 Å². The number of allylic oxidation sites excluding steroid dienone is 1. The lowest BCUT2D eigenvalue weighted by Crippen LogP contribution is -2.05. The average Bonchev–Trinajstić information content (AvgIpc) is 3.31. The molecule has 1 atom stereocenters. The molecule has 0 spiro atoms. The van der Waals surface area contributed by atoms with Crippen molar-refractivity contribution in [3.63, 3.8) is 0 Å². The van der Waals surface area contributed by atoms with E-state index in [0.717, 1.165) is 56.1 Å². The van der Waals surface area contributed by atoms with Gasteiger partial charge in [0, 0.05) is 22.4 Å². The van der Waals surface area contributed by atoms with E-state index >= 15 is 0 Å². The predicted octanol–water partition coefficient (Wildman–Crippen LogP) is 15.5. The minimum absolute atomic E-state index is 0.0714. The standard InChI is InChI=1S/C55H42F6N2O3/c1-34(52-47-25-14-38(30-42(47)21-28-50(52)65)10-8-36-4-2-6-44(32-36)54(56,57)58)40-17-12-35(13-18-40)16-27-49(64)41-19-23-46(24-20-41)62-63-53-48-26-15-39(31-43(48)22-29-51(53)66)11-9-37-5-3-7-45(33-37)55(59,60)61/h2-7,12-34,65-66H,8-11H2,1H3. The number of carbonyl (C=O) groups excluding carboxylic acids is 1. The molecular formula is C55H42F6N2O3. The van der Waals surface area contributed by atoms with Crippen LogP contribution in [0.3, 0.4) is 0 Å². The topological polar surface area (TPSA) is 82.2 Å². The number of nitrogens with zero attached hydrogens (tertiary/aromatic N) is 2. The molecule has 0 saturated carbocycles. The van der Waals surface area contributed by atoms with Crippen LogP contribution in [-0.4, -0.2) is 16.0 Å². The Labute approximate surface area is 377 Å². The molecule has 0 fully saturated rings. The molecule has 2 N–H and O–H groups in total. The number of azo groups is 1. The molecule has 1 unspecified atom stereocenters. The summed E-state index contributed by atoms with van der Waals surface area (Å²) in [5, 5.41) is 33.5. The molecule has 0 amide bonds. The van der Waals surface area contributed by atoms with Crippen LogP contribution in [0.25, 0.3) is 27.6 Å². The van der Waals surface area contributed by atoms with Crippen molar-refractivity contribution >= 4 is 44.8 Å². The summed E-state index contributed by atoms with van der Waals surface area (Å²) in [5.41, 5.74) is 5.42. The largest absolute Gasteiger partial charge is 0.508 e. The number of fused-ring (bicyclic) bond motifs is 2. The second kappa shape index (κ2) is 18.9. The monoisotopic (exact) mass is 892 g/mol. The molecule has 0 aromatic heterocycles. The number of rotatable bonds is 13. The van der Waals surface area contributed by atoms with Crippen molar-refractivity contribution in [1.29, 1.82) is 0 Å². The van der Waals surface area contributed by atoms with Crippen molar-refractivity contribution < 1.29 is 41.4 Å². The molecule has 0 aliphatic rings. The summed E-state index contributed by atoms with van der Waals surface area (Å²) in [4.78, 5) is 13.1. The maximum absolute atomic E-state index is 13.2. The fourth-order valence-electron chi connectivity index (χ4n) is 8.13. The molecule has 11 heteroatoms. The van der Waals surface area contributed by atoms with E-state index in [-0.39, 0.29) is 28.9 Å². The normalized spacial score (nSPS) is 12.7. The van der Waals surface area contributed by atoms with Crippen LogP contribution >= 0.6 is 0 Å². The van der Waals surface area contributed by atoms with Gasteiger partial charge < -0.3 is 10.2 Å². The first kappa shape index (κ1) is 45.1. The Morgan fingerprint density at radius 1 is 0.561 bits per heavy atom. The first-order valence-corrected chi connectivity index (χ1v) is 21.2. The number of halogens is 6. The van der Waals surface area contributed by atoms with Gasteiger partial charge in [0.1, 0.15) is 17.2 Å². The molecule has 8 rings (SSSR count). The van der Waals surface area contributed by atoms with Crippen molar-refractivity contribution in [2.75, 3.05) is 0 Å². The Hall–Kier alpha value is -7.53. The van der Waals surface area contributed by atoms with Crippen molar-refractivity contribution in [3.8, 4) is 11.5 Å². The maximum atomic E-state index is 13.2. The molecule has 332 valence electrons. The number of carbonyl (C=O) groups is 1. The van der Waals surface area contributed by atoms with Crippen LogP contribution in [0.2, 0.25) is 0 Å². The van der Waals surface area contributed by atoms with Gasteiger partial charge >= 0.3 is 12.4 Å². The van der Waals surface area contributed by atoms with Gasteiger partial charge in [0.15, 0.2) is 5.78 Å². The Balaban J connectivity index is 0.886. The molecule has 66 heavy (non-hydrogen) atoms. The van der Waals surface area contributed by atoms with Crippen LogP contribution in [0, 0.1) is 0 Å². The number of aromatic hydroxyl groups is 2. The lowest BCUT2D eigenvalue weighted by Gasteiger charge is -2.18. The summed E-state index contributed by atoms with van der Waals surface area (Å²) in [6, 6.07) is 43.2. The number of ketones is 1. The van der Waals surface area contributed by atoms with E-state index in [1.165, 1.54) is 36.4 Å². The molecular weight excluding hydrogens is 851 g/mol. The zero-order valence-corrected chi connectivity index (χ0v) is 35.5. The van der Waals surface area contributed by atoms with Gasteiger partial charge in [-0.2, -0.15) is 31.5 Å². The van der Waals surface area contributed by atoms with Gasteiger partial charge in [-0.1, -0.05) is 122 Å². The number of aryl methyl sites for hydroxylation is 4. The Bertz CT molecular complexity index is 3120. The summed E-state index contributed by atoms with van der Waals surface area (Å²) in [6.45, 7) is 2.01. The lowest BCUT2D eigenvalue weighted by molar-refractivity contribution is -0.138.